The van der Waals surface area contributed by atoms with Crippen LogP contribution in [0.3, 0.4) is 0 Å². The van der Waals surface area contributed by atoms with Gasteiger partial charge in [0.05, 0.1) is 5.69 Å². The quantitative estimate of drug-likeness (QED) is 0.825. The lowest BCUT2D eigenvalue weighted by molar-refractivity contribution is -0.114. The number of aryl methyl sites for hydroxylation is 1. The number of halogens is 2. The zero-order chi connectivity index (χ0) is 10.1. The van der Waals surface area contributed by atoms with Gasteiger partial charge in [-0.3, -0.25) is 4.79 Å². The molecule has 1 amide bonds. The molecule has 92 valence electrons. The summed E-state index contributed by atoms with van der Waals surface area (Å²) in [7, 11) is 0. The van der Waals surface area contributed by atoms with E-state index in [9.17, 15) is 4.79 Å². The number of thiazole rings is 1. The lowest BCUT2D eigenvalue weighted by Crippen LogP contribution is -2.26. The molecule has 1 unspecified atom stereocenters. The third-order valence-electron chi connectivity index (χ3n) is 2.26. The Labute approximate surface area is 111 Å². The van der Waals surface area contributed by atoms with E-state index in [4.69, 9.17) is 5.73 Å². The van der Waals surface area contributed by atoms with Crippen molar-refractivity contribution in [3.8, 4) is 0 Å². The maximum atomic E-state index is 10.8. The van der Waals surface area contributed by atoms with Crippen LogP contribution in [0.15, 0.2) is 0 Å². The fraction of sp³-hybridized carbons (Fsp3) is 0.556. The Bertz CT molecular complexity index is 370. The first kappa shape index (κ1) is 15.6. The number of fused-ring (bicyclic) bond motifs is 1. The summed E-state index contributed by atoms with van der Waals surface area (Å²) in [4.78, 5) is 16.4. The van der Waals surface area contributed by atoms with Crippen molar-refractivity contribution in [2.45, 2.75) is 32.2 Å². The van der Waals surface area contributed by atoms with Crippen LogP contribution < -0.4 is 11.1 Å². The maximum absolute atomic E-state index is 10.8. The monoisotopic (exact) mass is 283 g/mol. The van der Waals surface area contributed by atoms with Gasteiger partial charge < -0.3 is 11.1 Å². The topological polar surface area (TPSA) is 68.0 Å². The Morgan fingerprint density at radius 2 is 2.25 bits per heavy atom. The summed E-state index contributed by atoms with van der Waals surface area (Å²) in [6.45, 7) is 1.49. The van der Waals surface area contributed by atoms with Crippen LogP contribution >= 0.6 is 36.2 Å². The molecule has 0 saturated heterocycles. The van der Waals surface area contributed by atoms with Gasteiger partial charge >= 0.3 is 0 Å². The van der Waals surface area contributed by atoms with Gasteiger partial charge in [0, 0.05) is 17.8 Å². The summed E-state index contributed by atoms with van der Waals surface area (Å²) in [6, 6.07) is 0.258. The Kier molecular flexibility index (Phi) is 6.25. The predicted octanol–water partition coefficient (Wildman–Crippen LogP) is 1.76. The van der Waals surface area contributed by atoms with Crippen LogP contribution in [0.4, 0.5) is 5.13 Å². The highest BCUT2D eigenvalue weighted by Crippen LogP contribution is 2.29. The van der Waals surface area contributed by atoms with Gasteiger partial charge in [0.25, 0.3) is 0 Å². The molecule has 1 aromatic rings. The van der Waals surface area contributed by atoms with Crippen molar-refractivity contribution in [2.24, 2.45) is 5.73 Å². The van der Waals surface area contributed by atoms with Crippen molar-refractivity contribution in [1.82, 2.24) is 4.98 Å². The van der Waals surface area contributed by atoms with Crippen LogP contribution in [0, 0.1) is 0 Å². The molecule has 1 aromatic heterocycles. The molecule has 0 aliphatic heterocycles. The second kappa shape index (κ2) is 6.39. The van der Waals surface area contributed by atoms with Gasteiger partial charge in [0.1, 0.15) is 0 Å². The van der Waals surface area contributed by atoms with E-state index >= 15 is 0 Å². The smallest absolute Gasteiger partial charge is 0.223 e. The summed E-state index contributed by atoms with van der Waals surface area (Å²) in [5, 5.41) is 3.41. The second-order valence-electron chi connectivity index (χ2n) is 3.57. The molecule has 7 heteroatoms. The first-order chi connectivity index (χ1) is 6.65. The molecule has 0 saturated carbocycles. The van der Waals surface area contributed by atoms with Crippen LogP contribution in [-0.4, -0.2) is 16.9 Å². The lowest BCUT2D eigenvalue weighted by Gasteiger charge is -2.15. The number of nitrogens with zero attached hydrogens (tertiary/aromatic N) is 1. The maximum Gasteiger partial charge on any atom is 0.223 e. The second-order valence-corrected chi connectivity index (χ2v) is 4.66. The molecule has 0 radical (unpaired) electrons. The number of carbonyl (C=O) groups excluding carboxylic acids is 1. The Balaban J connectivity index is 0.00000112. The average molecular weight is 284 g/mol. The number of rotatable bonds is 1. The molecule has 1 heterocycles. The van der Waals surface area contributed by atoms with Crippen LogP contribution in [0.2, 0.25) is 0 Å². The first-order valence-electron chi connectivity index (χ1n) is 4.67. The SMILES string of the molecule is CC(=O)Nc1nc2c(s1)CC(N)CC2.Cl.Cl. The molecule has 1 aliphatic carbocycles. The average Bonchev–Trinajstić information content (AvgIpc) is 2.44. The minimum absolute atomic E-state index is 0. The number of aromatic nitrogens is 1. The lowest BCUT2D eigenvalue weighted by atomic mass is 9.99. The summed E-state index contributed by atoms with van der Waals surface area (Å²) >= 11 is 1.54. The molecular weight excluding hydrogens is 269 g/mol. The molecule has 2 rings (SSSR count). The predicted molar refractivity (Wildman–Crippen MR) is 70.9 cm³/mol. The van der Waals surface area contributed by atoms with Gasteiger partial charge in [-0.2, -0.15) is 0 Å². The van der Waals surface area contributed by atoms with E-state index in [0.29, 0.717) is 5.13 Å². The molecule has 16 heavy (non-hydrogen) atoms. The van der Waals surface area contributed by atoms with Crippen molar-refractivity contribution < 1.29 is 4.79 Å². The number of amides is 1. The number of nitrogens with two attached hydrogens (primary N) is 1. The summed E-state index contributed by atoms with van der Waals surface area (Å²) < 4.78 is 0. The van der Waals surface area contributed by atoms with E-state index < -0.39 is 0 Å². The van der Waals surface area contributed by atoms with Crippen molar-refractivity contribution in [1.29, 1.82) is 0 Å². The van der Waals surface area contributed by atoms with E-state index in [1.54, 1.807) is 11.3 Å². The van der Waals surface area contributed by atoms with Crippen molar-refractivity contribution in [3.63, 3.8) is 0 Å². The van der Waals surface area contributed by atoms with Gasteiger partial charge in [0.2, 0.25) is 5.91 Å². The molecule has 0 bridgehead atoms. The highest BCUT2D eigenvalue weighted by atomic mass is 35.5. The Morgan fingerprint density at radius 1 is 1.56 bits per heavy atom. The molecule has 0 spiro atoms. The van der Waals surface area contributed by atoms with Gasteiger partial charge in [-0.15, -0.1) is 36.2 Å². The Morgan fingerprint density at radius 3 is 2.88 bits per heavy atom. The normalized spacial score (nSPS) is 17.8. The van der Waals surface area contributed by atoms with E-state index in [-0.39, 0.29) is 36.8 Å². The van der Waals surface area contributed by atoms with E-state index in [0.717, 1.165) is 25.0 Å². The molecule has 4 nitrogen and oxygen atoms in total. The van der Waals surface area contributed by atoms with Crippen LogP contribution in [0.1, 0.15) is 23.9 Å². The van der Waals surface area contributed by atoms with Crippen LogP contribution in [0.5, 0.6) is 0 Å². The fourth-order valence-corrected chi connectivity index (χ4v) is 2.75. The summed E-state index contributed by atoms with van der Waals surface area (Å²) in [5.74, 6) is -0.0691. The largest absolute Gasteiger partial charge is 0.327 e. The van der Waals surface area contributed by atoms with Crippen LogP contribution in [-0.2, 0) is 17.6 Å². The van der Waals surface area contributed by atoms with Crippen molar-refractivity contribution in [3.05, 3.63) is 10.6 Å². The van der Waals surface area contributed by atoms with Gasteiger partial charge in [0.15, 0.2) is 5.13 Å². The highest BCUT2D eigenvalue weighted by Gasteiger charge is 2.20. The molecule has 1 atom stereocenters. The zero-order valence-corrected chi connectivity index (χ0v) is 11.3. The highest BCUT2D eigenvalue weighted by molar-refractivity contribution is 7.15. The van der Waals surface area contributed by atoms with E-state index in [1.165, 1.54) is 11.8 Å². The van der Waals surface area contributed by atoms with E-state index in [2.05, 4.69) is 10.3 Å². The van der Waals surface area contributed by atoms with Gasteiger partial charge in [-0.25, -0.2) is 4.98 Å². The summed E-state index contributed by atoms with van der Waals surface area (Å²) in [6.07, 6.45) is 2.83. The zero-order valence-electron chi connectivity index (χ0n) is 8.86. The van der Waals surface area contributed by atoms with Crippen molar-refractivity contribution in [2.75, 3.05) is 5.32 Å². The van der Waals surface area contributed by atoms with E-state index in [1.807, 2.05) is 0 Å². The number of carbonyl (C=O) groups is 1. The molecule has 0 aromatic carbocycles. The minimum atomic E-state index is -0.0691. The third-order valence-corrected chi connectivity index (χ3v) is 3.30. The van der Waals surface area contributed by atoms with Crippen molar-refractivity contribution >= 4 is 47.2 Å². The Hall–Kier alpha value is -0.360. The van der Waals surface area contributed by atoms with Gasteiger partial charge in [-0.05, 0) is 19.3 Å². The third kappa shape index (κ3) is 3.59. The molecule has 1 aliphatic rings. The van der Waals surface area contributed by atoms with Gasteiger partial charge in [-0.1, -0.05) is 0 Å². The number of nitrogens with one attached hydrogen (secondary N) is 1. The summed E-state index contributed by atoms with van der Waals surface area (Å²) in [5.41, 5.74) is 6.96. The molecule has 3 N–H and O–H groups in total. The minimum Gasteiger partial charge on any atom is -0.327 e. The molecular formula is C9H15Cl2N3OS. The molecule has 0 fully saturated rings. The fourth-order valence-electron chi connectivity index (χ4n) is 1.60. The number of hydrogen-bond donors (Lipinski definition) is 2. The number of anilines is 1. The first-order valence-corrected chi connectivity index (χ1v) is 5.48. The number of hydrogen-bond acceptors (Lipinski definition) is 4. The standard InChI is InChI=1S/C9H13N3OS.2ClH/c1-5(13)11-9-12-7-3-2-6(10)4-8(7)14-9;;/h6H,2-4,10H2,1H3,(H,11,12,13);2*1H. The van der Waals surface area contributed by atoms with Crippen LogP contribution in [0.25, 0.3) is 0 Å².